The van der Waals surface area contributed by atoms with Crippen molar-refractivity contribution in [3.05, 3.63) is 0 Å². The molecule has 0 aliphatic heterocycles. The minimum Gasteiger partial charge on any atom is -0.376 e. The van der Waals surface area contributed by atoms with Crippen molar-refractivity contribution in [2.24, 2.45) is 4.99 Å². The van der Waals surface area contributed by atoms with Gasteiger partial charge >= 0.3 is 9.53 Å². The molecule has 0 aliphatic rings. The predicted octanol–water partition coefficient (Wildman–Crippen LogP) is 1.55. The summed E-state index contributed by atoms with van der Waals surface area (Å²) in [6.07, 6.45) is 2.37. The Kier molecular flexibility index (Phi) is 18.9. The maximum atomic E-state index is 9.27. The molecule has 5 nitrogen and oxygen atoms in total. The van der Waals surface area contributed by atoms with Crippen LogP contribution in [0.4, 0.5) is 0 Å². The molecule has 0 rings (SSSR count). The van der Waals surface area contributed by atoms with E-state index < -0.39 is 9.53 Å². The summed E-state index contributed by atoms with van der Waals surface area (Å²) in [6.45, 7) is 10.4. The Balaban J connectivity index is 0. The number of rotatable bonds is 8. The van der Waals surface area contributed by atoms with E-state index in [1.54, 1.807) is 0 Å². The zero-order valence-electron chi connectivity index (χ0n) is 10.7. The second-order valence-electron chi connectivity index (χ2n) is 2.63. The average Bonchev–Trinajstić information content (AvgIpc) is 2.28. The first-order valence-electron chi connectivity index (χ1n) is 5.65. The first-order valence-corrected chi connectivity index (χ1v) is 7.06. The van der Waals surface area contributed by atoms with Crippen LogP contribution in [0.1, 0.15) is 34.1 Å². The van der Waals surface area contributed by atoms with E-state index in [-0.39, 0.29) is 0 Å². The van der Waals surface area contributed by atoms with Crippen molar-refractivity contribution in [3.63, 3.8) is 0 Å². The van der Waals surface area contributed by atoms with Gasteiger partial charge in [0.05, 0.1) is 6.54 Å². The van der Waals surface area contributed by atoms with Crippen LogP contribution in [0, 0.1) is 0 Å². The van der Waals surface area contributed by atoms with Gasteiger partial charge < -0.3 is 13.3 Å². The van der Waals surface area contributed by atoms with Crippen LogP contribution in [0.2, 0.25) is 0 Å². The maximum absolute atomic E-state index is 9.27. The molecule has 0 spiro atoms. The van der Waals surface area contributed by atoms with Crippen LogP contribution in [0.3, 0.4) is 0 Å². The molecule has 0 radical (unpaired) electrons. The van der Waals surface area contributed by atoms with Crippen LogP contribution in [-0.2, 0) is 18.1 Å². The van der Waals surface area contributed by atoms with E-state index in [0.29, 0.717) is 26.4 Å². The van der Waals surface area contributed by atoms with Crippen molar-refractivity contribution in [3.8, 4) is 0 Å². The highest BCUT2D eigenvalue weighted by molar-refractivity contribution is 6.36. The van der Waals surface area contributed by atoms with E-state index in [2.05, 4.69) is 4.99 Å². The molecule has 0 aromatic heterocycles. The van der Waals surface area contributed by atoms with Crippen molar-refractivity contribution in [1.29, 1.82) is 0 Å². The van der Waals surface area contributed by atoms with Crippen molar-refractivity contribution in [2.75, 3.05) is 26.4 Å². The molecular weight excluding hydrogens is 226 g/mol. The van der Waals surface area contributed by atoms with E-state index in [1.807, 2.05) is 27.7 Å². The Hall–Kier alpha value is -0.523. The largest absolute Gasteiger partial charge is 0.484 e. The standard InChI is InChI=1S/C6H16O3Si.C4H7NO/c1-4-7-10(8-5-2)9-6-3;1-2-3-5-4-6/h10H,4-6H2,1-3H3;2-3H2,1H3. The van der Waals surface area contributed by atoms with Gasteiger partial charge in [-0.05, 0) is 27.2 Å². The molecule has 0 aromatic rings. The first-order chi connectivity index (χ1) is 7.76. The van der Waals surface area contributed by atoms with Gasteiger partial charge in [-0.1, -0.05) is 6.92 Å². The molecule has 16 heavy (non-hydrogen) atoms. The third-order valence-electron chi connectivity index (χ3n) is 1.31. The normalized spacial score (nSPS) is 9.31. The molecule has 96 valence electrons. The third-order valence-corrected chi connectivity index (χ3v) is 3.12. The van der Waals surface area contributed by atoms with Gasteiger partial charge in [0.1, 0.15) is 0 Å². The van der Waals surface area contributed by atoms with E-state index >= 15 is 0 Å². The second-order valence-corrected chi connectivity index (χ2v) is 4.21. The van der Waals surface area contributed by atoms with E-state index in [0.717, 1.165) is 6.42 Å². The first kappa shape index (κ1) is 17.9. The fourth-order valence-corrected chi connectivity index (χ4v) is 1.82. The minimum absolute atomic E-state index is 0.615. The van der Waals surface area contributed by atoms with Crippen molar-refractivity contribution >= 4 is 15.6 Å². The highest BCUT2D eigenvalue weighted by atomic mass is 28.3. The molecule has 0 N–H and O–H groups in total. The molecule has 0 heterocycles. The van der Waals surface area contributed by atoms with Gasteiger partial charge in [-0.25, -0.2) is 9.79 Å². The Labute approximate surface area is 99.8 Å². The number of hydrogen-bond donors (Lipinski definition) is 0. The quantitative estimate of drug-likeness (QED) is 0.372. The number of isocyanates is 1. The Morgan fingerprint density at radius 2 is 1.44 bits per heavy atom. The summed E-state index contributed by atoms with van der Waals surface area (Å²) >= 11 is 0. The number of aliphatic imine (C=N–C) groups is 1. The van der Waals surface area contributed by atoms with E-state index in [4.69, 9.17) is 13.3 Å². The summed E-state index contributed by atoms with van der Waals surface area (Å²) in [6, 6.07) is 0. The van der Waals surface area contributed by atoms with Crippen LogP contribution < -0.4 is 0 Å². The Morgan fingerprint density at radius 1 is 1.00 bits per heavy atom. The SMILES string of the molecule is CCCN=C=O.CCO[SiH](OCC)OCC. The van der Waals surface area contributed by atoms with Gasteiger partial charge in [0.25, 0.3) is 0 Å². The van der Waals surface area contributed by atoms with Crippen LogP contribution in [0.15, 0.2) is 4.99 Å². The van der Waals surface area contributed by atoms with Crippen molar-refractivity contribution in [1.82, 2.24) is 0 Å². The monoisotopic (exact) mass is 249 g/mol. The van der Waals surface area contributed by atoms with Crippen LogP contribution in [0.25, 0.3) is 0 Å². The predicted molar refractivity (Wildman–Crippen MR) is 65.3 cm³/mol. The fraction of sp³-hybridized carbons (Fsp3) is 0.900. The van der Waals surface area contributed by atoms with Gasteiger partial charge in [-0.3, -0.25) is 0 Å². The van der Waals surface area contributed by atoms with Gasteiger partial charge in [-0.2, -0.15) is 0 Å². The second kappa shape index (κ2) is 16.9. The average molecular weight is 249 g/mol. The topological polar surface area (TPSA) is 57.1 Å². The summed E-state index contributed by atoms with van der Waals surface area (Å²) < 4.78 is 15.7. The third kappa shape index (κ3) is 15.9. The lowest BCUT2D eigenvalue weighted by Crippen LogP contribution is -2.27. The molecule has 0 bridgehead atoms. The molecule has 0 saturated heterocycles. The Morgan fingerprint density at radius 3 is 1.62 bits per heavy atom. The van der Waals surface area contributed by atoms with Gasteiger partial charge in [0, 0.05) is 19.8 Å². The lowest BCUT2D eigenvalue weighted by atomic mass is 10.5. The molecular formula is C10H23NO4Si. The van der Waals surface area contributed by atoms with Gasteiger partial charge in [-0.15, -0.1) is 0 Å². The summed E-state index contributed by atoms with van der Waals surface area (Å²) in [5, 5.41) is 0. The number of carbonyl (C=O) groups excluding carboxylic acids is 1. The smallest absolute Gasteiger partial charge is 0.376 e. The molecule has 0 fully saturated rings. The summed E-state index contributed by atoms with van der Waals surface area (Å²) in [5.41, 5.74) is 0. The zero-order chi connectivity index (χ0) is 12.6. The lowest BCUT2D eigenvalue weighted by Gasteiger charge is -2.12. The molecule has 0 amide bonds. The highest BCUT2D eigenvalue weighted by Crippen LogP contribution is 1.91. The fourth-order valence-electron chi connectivity index (χ4n) is 0.710. The summed E-state index contributed by atoms with van der Waals surface area (Å²) in [7, 11) is -1.73. The lowest BCUT2D eigenvalue weighted by molar-refractivity contribution is 0.107. The van der Waals surface area contributed by atoms with E-state index in [1.165, 1.54) is 6.08 Å². The van der Waals surface area contributed by atoms with Gasteiger partial charge in [0.15, 0.2) is 0 Å². The van der Waals surface area contributed by atoms with Crippen molar-refractivity contribution < 1.29 is 18.1 Å². The zero-order valence-corrected chi connectivity index (χ0v) is 11.8. The molecule has 0 saturated carbocycles. The molecule has 6 heteroatoms. The van der Waals surface area contributed by atoms with Crippen LogP contribution >= 0.6 is 0 Å². The number of hydrogen-bond acceptors (Lipinski definition) is 5. The summed E-state index contributed by atoms with van der Waals surface area (Å²) in [4.78, 5) is 12.6. The minimum atomic E-state index is -1.73. The molecule has 0 unspecified atom stereocenters. The summed E-state index contributed by atoms with van der Waals surface area (Å²) in [5.74, 6) is 0. The van der Waals surface area contributed by atoms with Crippen LogP contribution in [0.5, 0.6) is 0 Å². The molecule has 0 aliphatic carbocycles. The molecule has 0 atom stereocenters. The highest BCUT2D eigenvalue weighted by Gasteiger charge is 2.11. The van der Waals surface area contributed by atoms with Crippen LogP contribution in [-0.4, -0.2) is 42.0 Å². The van der Waals surface area contributed by atoms with E-state index in [9.17, 15) is 4.79 Å². The maximum Gasteiger partial charge on any atom is 0.484 e. The molecule has 0 aromatic carbocycles. The van der Waals surface area contributed by atoms with Crippen molar-refractivity contribution in [2.45, 2.75) is 34.1 Å². The van der Waals surface area contributed by atoms with Gasteiger partial charge in [0.2, 0.25) is 6.08 Å². The number of nitrogens with zero attached hydrogens (tertiary/aromatic N) is 1. The Bertz CT molecular complexity index is 160.